The van der Waals surface area contributed by atoms with E-state index in [2.05, 4.69) is 15.6 Å². The summed E-state index contributed by atoms with van der Waals surface area (Å²) in [5.74, 6) is -1.10. The van der Waals surface area contributed by atoms with Crippen molar-refractivity contribution >= 4 is 23.6 Å². The van der Waals surface area contributed by atoms with E-state index in [0.717, 1.165) is 38.8 Å². The quantitative estimate of drug-likeness (QED) is 0.505. The molecule has 1 aromatic rings. The number of hydrogen-bond donors (Lipinski definition) is 3. The minimum absolute atomic E-state index is 0.0607. The monoisotopic (exact) mass is 498 g/mol. The van der Waals surface area contributed by atoms with E-state index >= 15 is 0 Å². The molecule has 2 aliphatic heterocycles. The summed E-state index contributed by atoms with van der Waals surface area (Å²) in [4.78, 5) is 59.6. The topological polar surface area (TPSA) is 138 Å². The maximum atomic E-state index is 13.6. The van der Waals surface area contributed by atoms with E-state index in [1.165, 1.54) is 12.6 Å². The Morgan fingerprint density at radius 3 is 2.50 bits per heavy atom. The number of carbonyl (C=O) groups excluding carboxylic acids is 4. The van der Waals surface area contributed by atoms with E-state index in [1.54, 1.807) is 28.1 Å². The zero-order chi connectivity index (χ0) is 25.5. The van der Waals surface area contributed by atoms with Crippen molar-refractivity contribution in [3.05, 3.63) is 30.1 Å². The maximum Gasteiger partial charge on any atom is 0.255 e. The van der Waals surface area contributed by atoms with Gasteiger partial charge >= 0.3 is 0 Å². The lowest BCUT2D eigenvalue weighted by Gasteiger charge is -2.42. The van der Waals surface area contributed by atoms with Crippen molar-refractivity contribution in [2.75, 3.05) is 32.7 Å². The van der Waals surface area contributed by atoms with Gasteiger partial charge in [-0.25, -0.2) is 0 Å². The molecule has 4 N–H and O–H groups in total. The number of piperidine rings is 1. The number of nitrogens with zero attached hydrogens (tertiary/aromatic N) is 3. The molecule has 36 heavy (non-hydrogen) atoms. The highest BCUT2D eigenvalue weighted by Gasteiger charge is 2.40. The van der Waals surface area contributed by atoms with Crippen molar-refractivity contribution in [2.45, 2.75) is 63.5 Å². The first kappa shape index (κ1) is 26.1. The molecule has 2 unspecified atom stereocenters. The average Bonchev–Trinajstić information content (AvgIpc) is 2.93. The number of primary amides is 1. The molecule has 3 fully saturated rings. The SMILES string of the molecule is NC(=O)C(CC1CCCCC1)NC(=O)C1CN(C(=O)c2cccnc2)CCN1C(=O)C1CCNCC1. The van der Waals surface area contributed by atoms with Gasteiger partial charge in [-0.15, -0.1) is 0 Å². The van der Waals surface area contributed by atoms with Gasteiger partial charge in [0, 0.05) is 31.4 Å². The molecular weight excluding hydrogens is 460 g/mol. The first-order chi connectivity index (χ1) is 17.4. The molecule has 2 atom stereocenters. The normalized spacial score (nSPS) is 22.6. The number of pyridine rings is 1. The highest BCUT2D eigenvalue weighted by Crippen LogP contribution is 2.27. The van der Waals surface area contributed by atoms with Crippen LogP contribution in [0.1, 0.15) is 61.7 Å². The standard InChI is InChI=1S/C26H38N6O4/c27-23(33)21(15-18-5-2-1-3-6-18)30-24(34)22-17-31(25(35)20-7-4-10-29-16-20)13-14-32(22)26(36)19-8-11-28-12-9-19/h4,7,10,16,18-19,21-22,28H,1-3,5-6,8-9,11-15,17H2,(H2,27,33)(H,30,34). The first-order valence-corrected chi connectivity index (χ1v) is 13.2. The van der Waals surface area contributed by atoms with Crippen LogP contribution < -0.4 is 16.4 Å². The van der Waals surface area contributed by atoms with E-state index in [1.807, 2.05) is 0 Å². The minimum atomic E-state index is -0.880. The van der Waals surface area contributed by atoms with E-state index < -0.39 is 23.9 Å². The van der Waals surface area contributed by atoms with Crippen molar-refractivity contribution in [2.24, 2.45) is 17.6 Å². The van der Waals surface area contributed by atoms with Gasteiger partial charge in [-0.05, 0) is 50.4 Å². The number of nitrogens with two attached hydrogens (primary N) is 1. The van der Waals surface area contributed by atoms with Crippen LogP contribution in [0.5, 0.6) is 0 Å². The molecule has 0 bridgehead atoms. The Labute approximate surface area is 212 Å². The van der Waals surface area contributed by atoms with Crippen LogP contribution >= 0.6 is 0 Å². The summed E-state index contributed by atoms with van der Waals surface area (Å²) in [5.41, 5.74) is 6.11. The van der Waals surface area contributed by atoms with Gasteiger partial charge in [0.1, 0.15) is 12.1 Å². The lowest BCUT2D eigenvalue weighted by Crippen LogP contribution is -2.64. The van der Waals surface area contributed by atoms with Crippen LogP contribution in [-0.2, 0) is 14.4 Å². The highest BCUT2D eigenvalue weighted by molar-refractivity contribution is 5.96. The molecule has 10 heteroatoms. The highest BCUT2D eigenvalue weighted by atomic mass is 16.2. The van der Waals surface area contributed by atoms with Gasteiger partial charge in [-0.2, -0.15) is 0 Å². The molecule has 2 saturated heterocycles. The van der Waals surface area contributed by atoms with E-state index in [9.17, 15) is 19.2 Å². The number of hydrogen-bond acceptors (Lipinski definition) is 6. The van der Waals surface area contributed by atoms with Crippen LogP contribution in [-0.4, -0.2) is 83.2 Å². The molecule has 0 aromatic carbocycles. The van der Waals surface area contributed by atoms with E-state index in [0.29, 0.717) is 37.3 Å². The van der Waals surface area contributed by atoms with Crippen molar-refractivity contribution in [3.63, 3.8) is 0 Å². The van der Waals surface area contributed by atoms with Crippen LogP contribution in [0.3, 0.4) is 0 Å². The van der Waals surface area contributed by atoms with Gasteiger partial charge in [0.15, 0.2) is 0 Å². The molecule has 0 radical (unpaired) electrons. The molecule has 4 rings (SSSR count). The molecule has 0 spiro atoms. The minimum Gasteiger partial charge on any atom is -0.368 e. The Hall–Kier alpha value is -3.01. The molecule has 10 nitrogen and oxygen atoms in total. The third kappa shape index (κ3) is 6.40. The zero-order valence-corrected chi connectivity index (χ0v) is 20.9. The second-order valence-electron chi connectivity index (χ2n) is 10.3. The first-order valence-electron chi connectivity index (χ1n) is 13.2. The summed E-state index contributed by atoms with van der Waals surface area (Å²) in [6.07, 6.45) is 10.5. The average molecular weight is 499 g/mol. The second-order valence-corrected chi connectivity index (χ2v) is 10.3. The van der Waals surface area contributed by atoms with Crippen LogP contribution in [0.25, 0.3) is 0 Å². The van der Waals surface area contributed by atoms with Crippen LogP contribution in [0.15, 0.2) is 24.5 Å². The molecule has 4 amide bonds. The van der Waals surface area contributed by atoms with Gasteiger partial charge in [-0.1, -0.05) is 32.1 Å². The van der Waals surface area contributed by atoms with Crippen LogP contribution in [0, 0.1) is 11.8 Å². The van der Waals surface area contributed by atoms with Gasteiger partial charge in [0.05, 0.1) is 12.1 Å². The molecule has 1 saturated carbocycles. The largest absolute Gasteiger partial charge is 0.368 e. The van der Waals surface area contributed by atoms with Crippen molar-refractivity contribution < 1.29 is 19.2 Å². The maximum absolute atomic E-state index is 13.6. The van der Waals surface area contributed by atoms with Crippen molar-refractivity contribution in [1.82, 2.24) is 25.4 Å². The Bertz CT molecular complexity index is 930. The van der Waals surface area contributed by atoms with Crippen molar-refractivity contribution in [1.29, 1.82) is 0 Å². The van der Waals surface area contributed by atoms with Gasteiger partial charge in [0.2, 0.25) is 17.7 Å². The molecule has 3 heterocycles. The predicted octanol–water partition coefficient (Wildman–Crippen LogP) is 0.675. The Kier molecular flexibility index (Phi) is 8.90. The fourth-order valence-electron chi connectivity index (χ4n) is 5.70. The predicted molar refractivity (Wildman–Crippen MR) is 134 cm³/mol. The number of aromatic nitrogens is 1. The third-order valence-electron chi connectivity index (χ3n) is 7.80. The Balaban J connectivity index is 1.50. The number of carbonyl (C=O) groups is 4. The summed E-state index contributed by atoms with van der Waals surface area (Å²) in [6, 6.07) is 1.71. The van der Waals surface area contributed by atoms with Crippen LogP contribution in [0.4, 0.5) is 0 Å². The van der Waals surface area contributed by atoms with Crippen molar-refractivity contribution in [3.8, 4) is 0 Å². The summed E-state index contributed by atoms with van der Waals surface area (Å²) < 4.78 is 0. The second kappa shape index (κ2) is 12.3. The fourth-order valence-corrected chi connectivity index (χ4v) is 5.70. The van der Waals surface area contributed by atoms with Gasteiger partial charge < -0.3 is 26.2 Å². The number of rotatable bonds is 7. The number of nitrogens with one attached hydrogen (secondary N) is 2. The van der Waals surface area contributed by atoms with Gasteiger partial charge in [-0.3, -0.25) is 24.2 Å². The molecule has 3 aliphatic rings. The number of amides is 4. The smallest absolute Gasteiger partial charge is 0.255 e. The van der Waals surface area contributed by atoms with E-state index in [4.69, 9.17) is 5.73 Å². The third-order valence-corrected chi connectivity index (χ3v) is 7.80. The van der Waals surface area contributed by atoms with Crippen LogP contribution in [0.2, 0.25) is 0 Å². The lowest BCUT2D eigenvalue weighted by molar-refractivity contribution is -0.147. The van der Waals surface area contributed by atoms with E-state index in [-0.39, 0.29) is 30.8 Å². The molecule has 1 aromatic heterocycles. The Morgan fingerprint density at radius 2 is 1.83 bits per heavy atom. The molecular formula is C26H38N6O4. The summed E-state index contributed by atoms with van der Waals surface area (Å²) in [5, 5.41) is 6.11. The summed E-state index contributed by atoms with van der Waals surface area (Å²) in [7, 11) is 0. The summed E-state index contributed by atoms with van der Waals surface area (Å²) in [6.45, 7) is 2.17. The fraction of sp³-hybridized carbons (Fsp3) is 0.654. The molecule has 1 aliphatic carbocycles. The molecule has 196 valence electrons. The zero-order valence-electron chi connectivity index (χ0n) is 20.9. The lowest BCUT2D eigenvalue weighted by atomic mass is 9.84. The van der Waals surface area contributed by atoms with Gasteiger partial charge in [0.25, 0.3) is 5.91 Å². The summed E-state index contributed by atoms with van der Waals surface area (Å²) >= 11 is 0. The number of piperazine rings is 1. The Morgan fingerprint density at radius 1 is 1.08 bits per heavy atom.